The van der Waals surface area contributed by atoms with Gasteiger partial charge in [0.2, 0.25) is 0 Å². The predicted octanol–water partition coefficient (Wildman–Crippen LogP) is 2.76. The van der Waals surface area contributed by atoms with Gasteiger partial charge in [0.15, 0.2) is 11.6 Å². The molecule has 0 atom stereocenters. The molecular weight excluding hydrogens is 255 g/mol. The molecule has 1 aromatic heterocycles. The highest BCUT2D eigenvalue weighted by molar-refractivity contribution is 6.31. The van der Waals surface area contributed by atoms with Gasteiger partial charge in [-0.3, -0.25) is 0 Å². The van der Waals surface area contributed by atoms with E-state index >= 15 is 0 Å². The fourth-order valence-electron chi connectivity index (χ4n) is 1.76. The number of nitrogen functional groups attached to an aromatic ring is 2. The normalized spacial score (nSPS) is 11.2. The first-order chi connectivity index (χ1) is 8.43. The second-order valence-electron chi connectivity index (χ2n) is 4.33. The van der Waals surface area contributed by atoms with Crippen LogP contribution in [0.25, 0.3) is 11.3 Å². The summed E-state index contributed by atoms with van der Waals surface area (Å²) in [5.74, 6) is 6.17. The summed E-state index contributed by atoms with van der Waals surface area (Å²) in [6.45, 7) is 3.87. The van der Waals surface area contributed by atoms with Crippen molar-refractivity contribution in [1.82, 2.24) is 9.66 Å². The molecule has 0 spiro atoms. The van der Waals surface area contributed by atoms with Gasteiger partial charge in [0.05, 0.1) is 5.02 Å². The molecule has 4 nitrogen and oxygen atoms in total. The Kier molecular flexibility index (Phi) is 3.17. The van der Waals surface area contributed by atoms with Gasteiger partial charge in [0, 0.05) is 11.5 Å². The van der Waals surface area contributed by atoms with Gasteiger partial charge in [-0.2, -0.15) is 0 Å². The topological polar surface area (TPSA) is 69.9 Å². The molecule has 0 aliphatic carbocycles. The lowest BCUT2D eigenvalue weighted by atomic mass is 10.1. The molecule has 2 rings (SSSR count). The minimum absolute atomic E-state index is 0.0320. The van der Waals surface area contributed by atoms with Crippen LogP contribution in [-0.4, -0.2) is 9.66 Å². The average molecular weight is 269 g/mol. The van der Waals surface area contributed by atoms with Crippen molar-refractivity contribution < 1.29 is 4.39 Å². The van der Waals surface area contributed by atoms with E-state index < -0.39 is 5.82 Å². The van der Waals surface area contributed by atoms with Crippen LogP contribution in [0, 0.1) is 5.82 Å². The number of nitrogens with two attached hydrogens (primary N) is 2. The Labute approximate surface area is 109 Å². The summed E-state index contributed by atoms with van der Waals surface area (Å²) < 4.78 is 15.2. The molecule has 6 heteroatoms. The van der Waals surface area contributed by atoms with Crippen molar-refractivity contribution in [3.63, 3.8) is 0 Å². The maximum absolute atomic E-state index is 13.9. The van der Waals surface area contributed by atoms with Crippen LogP contribution >= 0.6 is 11.6 Å². The quantitative estimate of drug-likeness (QED) is 0.823. The van der Waals surface area contributed by atoms with Gasteiger partial charge >= 0.3 is 0 Å². The lowest BCUT2D eigenvalue weighted by molar-refractivity contribution is 0.631. The molecule has 0 amide bonds. The Bertz CT molecular complexity index is 592. The molecule has 2 aromatic rings. The van der Waals surface area contributed by atoms with E-state index in [0.717, 1.165) is 0 Å². The lowest BCUT2D eigenvalue weighted by Crippen LogP contribution is -2.16. The van der Waals surface area contributed by atoms with Gasteiger partial charge in [0.1, 0.15) is 11.5 Å². The summed E-state index contributed by atoms with van der Waals surface area (Å²) in [6.07, 6.45) is 0. The number of imidazole rings is 1. The molecule has 1 heterocycles. The fourth-order valence-corrected chi connectivity index (χ4v) is 1.93. The fraction of sp³-hybridized carbons (Fsp3) is 0.250. The second-order valence-corrected chi connectivity index (χ2v) is 4.74. The molecule has 0 bridgehead atoms. The first-order valence-corrected chi connectivity index (χ1v) is 5.88. The van der Waals surface area contributed by atoms with E-state index in [1.165, 1.54) is 10.7 Å². The highest BCUT2D eigenvalue weighted by atomic mass is 35.5. The van der Waals surface area contributed by atoms with Gasteiger partial charge < -0.3 is 11.6 Å². The molecule has 4 N–H and O–H groups in total. The van der Waals surface area contributed by atoms with Crippen molar-refractivity contribution >= 4 is 17.4 Å². The molecule has 0 saturated heterocycles. The number of hydrogen-bond donors (Lipinski definition) is 2. The van der Waals surface area contributed by atoms with Crippen LogP contribution < -0.4 is 11.6 Å². The first kappa shape index (κ1) is 12.7. The van der Waals surface area contributed by atoms with E-state index in [0.29, 0.717) is 11.5 Å². The van der Waals surface area contributed by atoms with Crippen molar-refractivity contribution in [2.75, 3.05) is 11.6 Å². The molecule has 0 aliphatic heterocycles. The second kappa shape index (κ2) is 4.49. The number of rotatable bonds is 2. The van der Waals surface area contributed by atoms with Crippen molar-refractivity contribution in [3.05, 3.63) is 34.9 Å². The molecule has 1 aromatic carbocycles. The van der Waals surface area contributed by atoms with Crippen LogP contribution in [0.15, 0.2) is 18.2 Å². The van der Waals surface area contributed by atoms with Crippen LogP contribution in [0.4, 0.5) is 10.2 Å². The Morgan fingerprint density at radius 1 is 1.39 bits per heavy atom. The molecule has 0 saturated carbocycles. The molecule has 0 radical (unpaired) electrons. The lowest BCUT2D eigenvalue weighted by Gasteiger charge is -2.04. The third-order valence-electron chi connectivity index (χ3n) is 2.70. The number of benzene rings is 1. The SMILES string of the molecule is CC(C)c1nc(-c2cccc(Cl)c2F)c(N)n1N. The summed E-state index contributed by atoms with van der Waals surface area (Å²) in [7, 11) is 0. The third-order valence-corrected chi connectivity index (χ3v) is 2.99. The van der Waals surface area contributed by atoms with E-state index in [9.17, 15) is 4.39 Å². The van der Waals surface area contributed by atoms with Crippen LogP contribution in [0.2, 0.25) is 5.02 Å². The van der Waals surface area contributed by atoms with Crippen molar-refractivity contribution in [2.45, 2.75) is 19.8 Å². The summed E-state index contributed by atoms with van der Waals surface area (Å²) in [6, 6.07) is 4.69. The summed E-state index contributed by atoms with van der Waals surface area (Å²) in [4.78, 5) is 4.30. The summed E-state index contributed by atoms with van der Waals surface area (Å²) in [5.41, 5.74) is 6.43. The Morgan fingerprint density at radius 3 is 2.61 bits per heavy atom. The van der Waals surface area contributed by atoms with Gasteiger partial charge in [-0.15, -0.1) is 0 Å². The maximum atomic E-state index is 13.9. The Morgan fingerprint density at radius 2 is 2.06 bits per heavy atom. The number of aromatic nitrogens is 2. The number of anilines is 1. The molecule has 18 heavy (non-hydrogen) atoms. The van der Waals surface area contributed by atoms with E-state index in [-0.39, 0.29) is 22.3 Å². The van der Waals surface area contributed by atoms with Gasteiger partial charge in [0.25, 0.3) is 0 Å². The van der Waals surface area contributed by atoms with Crippen molar-refractivity contribution in [3.8, 4) is 11.3 Å². The standard InChI is InChI=1S/C12H14ClFN4/c1-6(2)12-17-10(11(15)18(12)16)7-4-3-5-8(13)9(7)14/h3-6H,15-16H2,1-2H3. The molecule has 96 valence electrons. The molecule has 0 fully saturated rings. The molecule has 0 aliphatic rings. The van der Waals surface area contributed by atoms with E-state index in [2.05, 4.69) is 4.98 Å². The highest BCUT2D eigenvalue weighted by Crippen LogP contribution is 2.32. The first-order valence-electron chi connectivity index (χ1n) is 5.51. The third kappa shape index (κ3) is 1.90. The minimum atomic E-state index is -0.542. The van der Waals surface area contributed by atoms with Crippen LogP contribution in [0.5, 0.6) is 0 Å². The highest BCUT2D eigenvalue weighted by Gasteiger charge is 2.20. The van der Waals surface area contributed by atoms with Crippen molar-refractivity contribution in [1.29, 1.82) is 0 Å². The van der Waals surface area contributed by atoms with E-state index in [1.54, 1.807) is 12.1 Å². The number of nitrogens with zero attached hydrogens (tertiary/aromatic N) is 2. The minimum Gasteiger partial charge on any atom is -0.382 e. The molecular formula is C12H14ClFN4. The van der Waals surface area contributed by atoms with Crippen molar-refractivity contribution in [2.24, 2.45) is 0 Å². The van der Waals surface area contributed by atoms with Crippen LogP contribution in [0.1, 0.15) is 25.6 Å². The van der Waals surface area contributed by atoms with E-state index in [4.69, 9.17) is 23.2 Å². The van der Waals surface area contributed by atoms with Crippen LogP contribution in [-0.2, 0) is 0 Å². The van der Waals surface area contributed by atoms with Crippen LogP contribution in [0.3, 0.4) is 0 Å². The van der Waals surface area contributed by atoms with Gasteiger partial charge in [-0.05, 0) is 12.1 Å². The summed E-state index contributed by atoms with van der Waals surface area (Å²) >= 11 is 5.74. The molecule has 0 unspecified atom stereocenters. The largest absolute Gasteiger partial charge is 0.382 e. The zero-order valence-corrected chi connectivity index (χ0v) is 10.9. The maximum Gasteiger partial charge on any atom is 0.151 e. The van der Waals surface area contributed by atoms with Gasteiger partial charge in [-0.25, -0.2) is 14.1 Å². The number of hydrogen-bond acceptors (Lipinski definition) is 3. The van der Waals surface area contributed by atoms with E-state index in [1.807, 2.05) is 13.8 Å². The van der Waals surface area contributed by atoms with Gasteiger partial charge in [-0.1, -0.05) is 31.5 Å². The zero-order chi connectivity index (χ0) is 13.4. The summed E-state index contributed by atoms with van der Waals surface area (Å²) in [5, 5.41) is 0.0320. The average Bonchev–Trinajstić information content (AvgIpc) is 2.61. The predicted molar refractivity (Wildman–Crippen MR) is 71.3 cm³/mol. The zero-order valence-electron chi connectivity index (χ0n) is 10.1. The monoisotopic (exact) mass is 268 g/mol. The smallest absolute Gasteiger partial charge is 0.151 e. The Balaban J connectivity index is 2.65. The Hall–Kier alpha value is -1.75. The number of halogens is 2.